The molecule has 1 aromatic rings. The van der Waals surface area contributed by atoms with Gasteiger partial charge in [0.25, 0.3) is 0 Å². The van der Waals surface area contributed by atoms with Gasteiger partial charge in [-0.15, -0.1) is 0 Å². The minimum absolute atomic E-state index is 0.641. The largest absolute Gasteiger partial charge is 0.540 e. The Balaban J connectivity index is 2.78. The van der Waals surface area contributed by atoms with Crippen LogP contribution in [0, 0.1) is 0 Å². The minimum Gasteiger partial charge on any atom is -0.540 e. The fourth-order valence-corrected chi connectivity index (χ4v) is 2.45. The summed E-state index contributed by atoms with van der Waals surface area (Å²) in [7, 11) is 3.16. The van der Waals surface area contributed by atoms with E-state index in [0.29, 0.717) is 5.92 Å². The number of hydrogen-bond acceptors (Lipinski definition) is 1. The lowest BCUT2D eigenvalue weighted by Crippen LogP contribution is -2.02. The highest BCUT2D eigenvalue weighted by Crippen LogP contribution is 2.33. The fourth-order valence-electron chi connectivity index (χ4n) is 2.27. The first-order chi connectivity index (χ1) is 8.33. The normalized spacial score (nSPS) is 10.8. The van der Waals surface area contributed by atoms with Gasteiger partial charge in [0.15, 0.2) is 0 Å². The van der Waals surface area contributed by atoms with Gasteiger partial charge in [0.1, 0.15) is 5.75 Å². The van der Waals surface area contributed by atoms with E-state index in [4.69, 9.17) is 4.43 Å². The molecule has 0 heterocycles. The van der Waals surface area contributed by atoms with E-state index in [1.165, 1.54) is 44.1 Å². The van der Waals surface area contributed by atoms with Crippen LogP contribution in [0.4, 0.5) is 0 Å². The molecule has 0 N–H and O–H groups in total. The maximum atomic E-state index is 5.29. The molecule has 1 rings (SSSR count). The Morgan fingerprint density at radius 1 is 1.06 bits per heavy atom. The highest BCUT2D eigenvalue weighted by molar-refractivity contribution is 6.00. The summed E-state index contributed by atoms with van der Waals surface area (Å²) in [5.74, 6) is 1.61. The molecule has 1 aromatic carbocycles. The molecule has 2 heteroatoms. The van der Waals surface area contributed by atoms with Crippen molar-refractivity contribution in [2.75, 3.05) is 0 Å². The van der Waals surface area contributed by atoms with Gasteiger partial charge in [0, 0.05) is 0 Å². The summed E-state index contributed by atoms with van der Waals surface area (Å²) in [4.78, 5) is 0. The van der Waals surface area contributed by atoms with E-state index in [9.17, 15) is 0 Å². The van der Waals surface area contributed by atoms with Crippen molar-refractivity contribution in [2.24, 2.45) is 0 Å². The van der Waals surface area contributed by atoms with Crippen molar-refractivity contribution >= 4 is 10.5 Å². The van der Waals surface area contributed by atoms with Crippen molar-refractivity contribution in [3.8, 4) is 5.75 Å². The standard InChI is InChI=1S/C15H23OSi/c1-3-5-9-13(10-6-4-2)14-11-7-8-12-15(14)16-17/h7-8,11-13H,3-6,9-10H2,1-2H3. The van der Waals surface area contributed by atoms with Gasteiger partial charge in [0.05, 0.1) is 0 Å². The quantitative estimate of drug-likeness (QED) is 0.609. The molecular weight excluding hydrogens is 224 g/mol. The first kappa shape index (κ1) is 14.3. The molecule has 0 amide bonds. The third kappa shape index (κ3) is 4.54. The lowest BCUT2D eigenvalue weighted by molar-refractivity contribution is 0.505. The fraction of sp³-hybridized carbons (Fsp3) is 0.600. The van der Waals surface area contributed by atoms with E-state index < -0.39 is 0 Å². The maximum Gasteiger partial charge on any atom is 0.341 e. The maximum absolute atomic E-state index is 5.29. The molecule has 0 saturated carbocycles. The molecular formula is C15H23OSi. The zero-order valence-electron chi connectivity index (χ0n) is 11.0. The van der Waals surface area contributed by atoms with Crippen molar-refractivity contribution < 1.29 is 4.43 Å². The van der Waals surface area contributed by atoms with Crippen LogP contribution in [0.5, 0.6) is 5.75 Å². The van der Waals surface area contributed by atoms with Crippen LogP contribution in [0.1, 0.15) is 63.9 Å². The summed E-state index contributed by atoms with van der Waals surface area (Å²) in [6, 6.07) is 8.36. The average molecular weight is 247 g/mol. The Hall–Kier alpha value is -0.763. The van der Waals surface area contributed by atoms with Crippen molar-refractivity contribution in [1.29, 1.82) is 0 Å². The van der Waals surface area contributed by atoms with Crippen LogP contribution >= 0.6 is 0 Å². The van der Waals surface area contributed by atoms with Gasteiger partial charge < -0.3 is 4.43 Å². The van der Waals surface area contributed by atoms with Gasteiger partial charge in [-0.3, -0.25) is 0 Å². The molecule has 17 heavy (non-hydrogen) atoms. The van der Waals surface area contributed by atoms with Gasteiger partial charge in [-0.05, 0) is 30.4 Å². The second-order valence-corrected chi connectivity index (χ2v) is 4.83. The van der Waals surface area contributed by atoms with E-state index >= 15 is 0 Å². The number of para-hydroxylation sites is 1. The molecule has 0 bridgehead atoms. The molecule has 0 fully saturated rings. The van der Waals surface area contributed by atoms with Gasteiger partial charge in [-0.2, -0.15) is 0 Å². The summed E-state index contributed by atoms with van der Waals surface area (Å²) < 4.78 is 5.29. The van der Waals surface area contributed by atoms with Crippen molar-refractivity contribution in [2.45, 2.75) is 58.3 Å². The molecule has 0 saturated heterocycles. The van der Waals surface area contributed by atoms with Crippen molar-refractivity contribution in [3.63, 3.8) is 0 Å². The molecule has 0 aliphatic rings. The van der Waals surface area contributed by atoms with Crippen LogP contribution in [0.3, 0.4) is 0 Å². The van der Waals surface area contributed by atoms with E-state index in [-0.39, 0.29) is 0 Å². The van der Waals surface area contributed by atoms with Gasteiger partial charge in [-0.25, -0.2) is 0 Å². The van der Waals surface area contributed by atoms with Crippen molar-refractivity contribution in [3.05, 3.63) is 29.8 Å². The molecule has 0 aliphatic heterocycles. The van der Waals surface area contributed by atoms with E-state index in [1.807, 2.05) is 12.1 Å². The SMILES string of the molecule is CCCCC(CCCC)c1ccccc1O[Si]. The smallest absolute Gasteiger partial charge is 0.341 e. The molecule has 1 nitrogen and oxygen atoms in total. The van der Waals surface area contributed by atoms with Crippen LogP contribution < -0.4 is 4.43 Å². The Morgan fingerprint density at radius 3 is 2.18 bits per heavy atom. The average Bonchev–Trinajstić information content (AvgIpc) is 2.39. The molecule has 93 valence electrons. The van der Waals surface area contributed by atoms with Crippen LogP contribution in [-0.4, -0.2) is 10.5 Å². The lowest BCUT2D eigenvalue weighted by atomic mass is 9.88. The van der Waals surface area contributed by atoms with Crippen molar-refractivity contribution in [1.82, 2.24) is 0 Å². The highest BCUT2D eigenvalue weighted by atomic mass is 28.2. The van der Waals surface area contributed by atoms with Gasteiger partial charge in [-0.1, -0.05) is 57.7 Å². The first-order valence-electron chi connectivity index (χ1n) is 6.75. The number of hydrogen-bond donors (Lipinski definition) is 0. The molecule has 0 unspecified atom stereocenters. The summed E-state index contributed by atoms with van der Waals surface area (Å²) >= 11 is 0. The highest BCUT2D eigenvalue weighted by Gasteiger charge is 2.14. The Morgan fingerprint density at radius 2 is 1.65 bits per heavy atom. The van der Waals surface area contributed by atoms with Gasteiger partial charge in [0.2, 0.25) is 0 Å². The second kappa shape index (κ2) is 8.35. The summed E-state index contributed by atoms with van der Waals surface area (Å²) in [6.45, 7) is 4.51. The molecule has 0 aliphatic carbocycles. The molecule has 0 spiro atoms. The summed E-state index contributed by atoms with van der Waals surface area (Å²) in [6.07, 6.45) is 7.65. The lowest BCUT2D eigenvalue weighted by Gasteiger charge is -2.19. The predicted molar refractivity (Wildman–Crippen MR) is 74.6 cm³/mol. The van der Waals surface area contributed by atoms with E-state index in [1.54, 1.807) is 0 Å². The minimum atomic E-state index is 0.641. The third-order valence-corrected chi connectivity index (χ3v) is 3.50. The summed E-state index contributed by atoms with van der Waals surface area (Å²) in [5.41, 5.74) is 1.35. The number of rotatable bonds is 8. The Labute approximate surface area is 109 Å². The second-order valence-electron chi connectivity index (χ2n) is 4.62. The Bertz CT molecular complexity index is 304. The molecule has 3 radical (unpaired) electrons. The van der Waals surface area contributed by atoms with Crippen LogP contribution in [0.2, 0.25) is 0 Å². The zero-order valence-corrected chi connectivity index (χ0v) is 12.0. The van der Waals surface area contributed by atoms with Crippen LogP contribution in [0.15, 0.2) is 24.3 Å². The monoisotopic (exact) mass is 247 g/mol. The molecule has 0 atom stereocenters. The number of benzene rings is 1. The first-order valence-corrected chi connectivity index (χ1v) is 7.16. The third-order valence-electron chi connectivity index (χ3n) is 3.28. The number of unbranched alkanes of at least 4 members (excludes halogenated alkanes) is 2. The Kier molecular flexibility index (Phi) is 7.02. The summed E-state index contributed by atoms with van der Waals surface area (Å²) in [5, 5.41) is 0. The van der Waals surface area contributed by atoms with Gasteiger partial charge >= 0.3 is 10.5 Å². The topological polar surface area (TPSA) is 9.23 Å². The van der Waals surface area contributed by atoms with E-state index in [0.717, 1.165) is 5.75 Å². The molecule has 0 aromatic heterocycles. The predicted octanol–water partition coefficient (Wildman–Crippen LogP) is 4.61. The van der Waals surface area contributed by atoms with E-state index in [2.05, 4.69) is 36.5 Å². The van der Waals surface area contributed by atoms with Crippen LogP contribution in [-0.2, 0) is 0 Å². The van der Waals surface area contributed by atoms with Crippen LogP contribution in [0.25, 0.3) is 0 Å². The zero-order chi connectivity index (χ0) is 12.5.